The smallest absolute Gasteiger partial charge is 0.125 e. The lowest BCUT2D eigenvalue weighted by molar-refractivity contribution is 0.183. The van der Waals surface area contributed by atoms with Gasteiger partial charge in [0.05, 0.1) is 6.61 Å². The summed E-state index contributed by atoms with van der Waals surface area (Å²) >= 11 is 5.97. The topological polar surface area (TPSA) is 9.23 Å². The molecule has 0 bridgehead atoms. The van der Waals surface area contributed by atoms with Crippen LogP contribution in [0.4, 0.5) is 4.39 Å². The second-order valence-electron chi connectivity index (χ2n) is 3.55. The molecule has 0 unspecified atom stereocenters. The minimum Gasteiger partial charge on any atom is -0.380 e. The predicted octanol–water partition coefficient (Wildman–Crippen LogP) is 3.75. The molecule has 0 aliphatic rings. The van der Waals surface area contributed by atoms with Gasteiger partial charge in [0.25, 0.3) is 0 Å². The second kappa shape index (κ2) is 4.76. The number of hydrogen-bond acceptors (Lipinski definition) is 1. The average Bonchev–Trinajstić information content (AvgIpc) is 2.01. The van der Waals surface area contributed by atoms with Crippen molar-refractivity contribution in [2.24, 2.45) is 0 Å². The number of halogens is 2. The highest BCUT2D eigenvalue weighted by atomic mass is 35.5. The summed E-state index contributed by atoms with van der Waals surface area (Å²) in [6.45, 7) is 4.45. The number of rotatable bonds is 3. The van der Waals surface area contributed by atoms with Gasteiger partial charge in [0, 0.05) is 12.1 Å². The van der Waals surface area contributed by atoms with Crippen LogP contribution in [-0.2, 0) is 11.3 Å². The van der Waals surface area contributed by atoms with E-state index in [1.807, 2.05) is 13.8 Å². The van der Waals surface area contributed by atoms with Crippen molar-refractivity contribution in [3.63, 3.8) is 0 Å². The van der Waals surface area contributed by atoms with Crippen LogP contribution in [0.5, 0.6) is 0 Å². The zero-order valence-corrected chi connectivity index (χ0v) is 9.36. The maximum atomic E-state index is 13.1. The fraction of sp³-hybridized carbons (Fsp3) is 0.455. The molecule has 0 saturated heterocycles. The Morgan fingerprint density at radius 1 is 1.43 bits per heavy atom. The molecule has 0 radical (unpaired) electrons. The monoisotopic (exact) mass is 216 g/mol. The molecule has 14 heavy (non-hydrogen) atoms. The largest absolute Gasteiger partial charge is 0.380 e. The maximum absolute atomic E-state index is 13.1. The molecule has 0 amide bonds. The van der Waals surface area contributed by atoms with E-state index < -0.39 is 0 Å². The Bertz CT molecular complexity index is 323. The third-order valence-corrected chi connectivity index (χ3v) is 2.37. The Kier molecular flexibility index (Phi) is 3.90. The van der Waals surface area contributed by atoms with Crippen LogP contribution in [-0.4, -0.2) is 7.11 Å². The number of methoxy groups -OCH3 is 1. The van der Waals surface area contributed by atoms with Crippen molar-refractivity contribution in [3.05, 3.63) is 34.1 Å². The van der Waals surface area contributed by atoms with Crippen LogP contribution in [0.1, 0.15) is 30.9 Å². The molecule has 0 spiro atoms. The summed E-state index contributed by atoms with van der Waals surface area (Å²) in [5.41, 5.74) is 1.79. The van der Waals surface area contributed by atoms with E-state index in [0.29, 0.717) is 11.6 Å². The van der Waals surface area contributed by atoms with Crippen molar-refractivity contribution in [2.45, 2.75) is 26.4 Å². The van der Waals surface area contributed by atoms with Crippen molar-refractivity contribution >= 4 is 11.6 Å². The molecule has 0 saturated carbocycles. The normalized spacial score (nSPS) is 11.0. The van der Waals surface area contributed by atoms with Gasteiger partial charge < -0.3 is 4.74 Å². The fourth-order valence-corrected chi connectivity index (χ4v) is 2.00. The first kappa shape index (κ1) is 11.5. The minimum atomic E-state index is -0.313. The summed E-state index contributed by atoms with van der Waals surface area (Å²) in [6.07, 6.45) is 0. The molecule has 0 heterocycles. The minimum absolute atomic E-state index is 0.272. The molecular weight excluding hydrogens is 203 g/mol. The molecule has 0 atom stereocenters. The van der Waals surface area contributed by atoms with E-state index in [9.17, 15) is 4.39 Å². The molecule has 1 aromatic rings. The fourth-order valence-electron chi connectivity index (χ4n) is 1.56. The van der Waals surface area contributed by atoms with E-state index in [0.717, 1.165) is 11.1 Å². The lowest BCUT2D eigenvalue weighted by Crippen LogP contribution is -2.00. The van der Waals surface area contributed by atoms with E-state index in [2.05, 4.69) is 0 Å². The third kappa shape index (κ3) is 2.46. The lowest BCUT2D eigenvalue weighted by atomic mass is 9.97. The van der Waals surface area contributed by atoms with Crippen molar-refractivity contribution < 1.29 is 9.13 Å². The molecule has 0 fully saturated rings. The molecule has 1 rings (SSSR count). The lowest BCUT2D eigenvalue weighted by Gasteiger charge is -2.14. The average molecular weight is 217 g/mol. The highest BCUT2D eigenvalue weighted by Crippen LogP contribution is 2.29. The summed E-state index contributed by atoms with van der Waals surface area (Å²) in [5.74, 6) is -0.0419. The molecule has 1 nitrogen and oxygen atoms in total. The quantitative estimate of drug-likeness (QED) is 0.748. The van der Waals surface area contributed by atoms with Gasteiger partial charge in [0.1, 0.15) is 5.82 Å². The first-order valence-corrected chi connectivity index (χ1v) is 4.90. The van der Waals surface area contributed by atoms with Gasteiger partial charge in [-0.25, -0.2) is 4.39 Å². The van der Waals surface area contributed by atoms with Crippen LogP contribution < -0.4 is 0 Å². The highest BCUT2D eigenvalue weighted by Gasteiger charge is 2.12. The maximum Gasteiger partial charge on any atom is 0.125 e. The van der Waals surface area contributed by atoms with Gasteiger partial charge in [0.2, 0.25) is 0 Å². The second-order valence-corrected chi connectivity index (χ2v) is 3.96. The van der Waals surface area contributed by atoms with E-state index >= 15 is 0 Å². The Morgan fingerprint density at radius 2 is 2.07 bits per heavy atom. The van der Waals surface area contributed by atoms with Gasteiger partial charge in [-0.15, -0.1) is 0 Å². The molecule has 78 valence electrons. The van der Waals surface area contributed by atoms with Gasteiger partial charge in [0.15, 0.2) is 0 Å². The Labute approximate surface area is 88.8 Å². The standard InChI is InChI=1S/C11H14ClFO/c1-7(2)11-8(6-14-3)4-9(13)5-10(11)12/h4-5,7H,6H2,1-3H3. The molecule has 0 aliphatic carbocycles. The number of hydrogen-bond donors (Lipinski definition) is 0. The van der Waals surface area contributed by atoms with E-state index in [1.165, 1.54) is 12.1 Å². The summed E-state index contributed by atoms with van der Waals surface area (Å²) in [4.78, 5) is 0. The van der Waals surface area contributed by atoms with Crippen LogP contribution in [0.2, 0.25) is 5.02 Å². The van der Waals surface area contributed by atoms with Crippen LogP contribution in [0.15, 0.2) is 12.1 Å². The van der Waals surface area contributed by atoms with Crippen molar-refractivity contribution in [2.75, 3.05) is 7.11 Å². The molecule has 0 N–H and O–H groups in total. The Balaban J connectivity index is 3.21. The van der Waals surface area contributed by atoms with Crippen molar-refractivity contribution in [3.8, 4) is 0 Å². The van der Waals surface area contributed by atoms with Crippen LogP contribution >= 0.6 is 11.6 Å². The molecule has 0 aromatic heterocycles. The Morgan fingerprint density at radius 3 is 2.57 bits per heavy atom. The number of ether oxygens (including phenoxy) is 1. The summed E-state index contributed by atoms with van der Waals surface area (Å²) < 4.78 is 18.1. The SMILES string of the molecule is COCc1cc(F)cc(Cl)c1C(C)C. The molecule has 0 aliphatic heterocycles. The van der Waals surface area contributed by atoms with E-state index in [1.54, 1.807) is 7.11 Å². The summed E-state index contributed by atoms with van der Waals surface area (Å²) in [6, 6.07) is 2.82. The highest BCUT2D eigenvalue weighted by molar-refractivity contribution is 6.31. The summed E-state index contributed by atoms with van der Waals surface area (Å²) in [7, 11) is 1.59. The third-order valence-electron chi connectivity index (χ3n) is 2.06. The van der Waals surface area contributed by atoms with Crippen molar-refractivity contribution in [1.82, 2.24) is 0 Å². The zero-order valence-electron chi connectivity index (χ0n) is 8.60. The van der Waals surface area contributed by atoms with Gasteiger partial charge >= 0.3 is 0 Å². The van der Waals surface area contributed by atoms with Crippen LogP contribution in [0, 0.1) is 5.82 Å². The molecule has 3 heteroatoms. The first-order valence-electron chi connectivity index (χ1n) is 4.53. The van der Waals surface area contributed by atoms with Gasteiger partial charge in [-0.3, -0.25) is 0 Å². The van der Waals surface area contributed by atoms with Gasteiger partial charge in [-0.2, -0.15) is 0 Å². The van der Waals surface area contributed by atoms with Gasteiger partial charge in [-0.1, -0.05) is 25.4 Å². The van der Waals surface area contributed by atoms with Crippen LogP contribution in [0.3, 0.4) is 0 Å². The molecular formula is C11H14ClFO. The predicted molar refractivity (Wildman–Crippen MR) is 56.2 cm³/mol. The van der Waals surface area contributed by atoms with Gasteiger partial charge in [-0.05, 0) is 29.2 Å². The van der Waals surface area contributed by atoms with Crippen molar-refractivity contribution in [1.29, 1.82) is 0 Å². The van der Waals surface area contributed by atoms with E-state index in [-0.39, 0.29) is 11.7 Å². The van der Waals surface area contributed by atoms with E-state index in [4.69, 9.17) is 16.3 Å². The first-order chi connectivity index (χ1) is 6.56. The number of benzene rings is 1. The van der Waals surface area contributed by atoms with Crippen LogP contribution in [0.25, 0.3) is 0 Å². The zero-order chi connectivity index (χ0) is 10.7. The molecule has 1 aromatic carbocycles. The summed E-state index contributed by atoms with van der Waals surface area (Å²) in [5, 5.41) is 0.479. The Hall–Kier alpha value is -0.600.